The molecular formula is C13H27BN. The van der Waals surface area contributed by atoms with Gasteiger partial charge in [0.05, 0.1) is 0 Å². The highest BCUT2D eigenvalue weighted by atomic mass is 14.6. The molecule has 2 heteroatoms. The summed E-state index contributed by atoms with van der Waals surface area (Å²) in [4.78, 5) is 4.15. The molecule has 0 saturated carbocycles. The SMILES string of the molecule is CC.CC.CCc1ccc(C)nc1.[3H]C.[B]. The van der Waals surface area contributed by atoms with Gasteiger partial charge in [-0.05, 0) is 25.0 Å². The second-order valence-corrected chi connectivity index (χ2v) is 2.16. The van der Waals surface area contributed by atoms with Crippen LogP contribution >= 0.6 is 0 Å². The Morgan fingerprint density at radius 1 is 1.20 bits per heavy atom. The monoisotopic (exact) mass is 210 g/mol. The van der Waals surface area contributed by atoms with E-state index in [0.29, 0.717) is 0 Å². The van der Waals surface area contributed by atoms with E-state index in [9.17, 15) is 0 Å². The third kappa shape index (κ3) is 13.2. The lowest BCUT2D eigenvalue weighted by Crippen LogP contribution is -1.83. The molecule has 1 nitrogen and oxygen atoms in total. The van der Waals surface area contributed by atoms with Gasteiger partial charge >= 0.3 is 0 Å². The van der Waals surface area contributed by atoms with Crippen LogP contribution in [0.1, 0.15) is 54.6 Å². The lowest BCUT2D eigenvalue weighted by atomic mass is 10.2. The van der Waals surface area contributed by atoms with Crippen molar-refractivity contribution in [2.24, 2.45) is 0 Å². The van der Waals surface area contributed by atoms with Crippen LogP contribution in [-0.4, -0.2) is 13.4 Å². The van der Waals surface area contributed by atoms with Gasteiger partial charge < -0.3 is 0 Å². The Balaban J connectivity index is -0.0000000900. The highest BCUT2D eigenvalue weighted by Crippen LogP contribution is 1.98. The Morgan fingerprint density at radius 2 is 1.67 bits per heavy atom. The van der Waals surface area contributed by atoms with E-state index in [1.807, 2.05) is 46.9 Å². The molecule has 0 unspecified atom stereocenters. The lowest BCUT2D eigenvalue weighted by Gasteiger charge is -1.93. The Morgan fingerprint density at radius 3 is 1.93 bits per heavy atom. The summed E-state index contributed by atoms with van der Waals surface area (Å²) in [7, 11) is 1.25. The minimum atomic E-state index is 0. The molecule has 0 atom stereocenters. The van der Waals surface area contributed by atoms with Crippen LogP contribution in [0.2, 0.25) is 0 Å². The zero-order chi connectivity index (χ0) is 12.7. The molecule has 0 aliphatic carbocycles. The van der Waals surface area contributed by atoms with Crippen molar-refractivity contribution in [2.75, 3.05) is 0 Å². The van der Waals surface area contributed by atoms with Crippen LogP contribution in [0.4, 0.5) is 0 Å². The van der Waals surface area contributed by atoms with E-state index in [4.69, 9.17) is 1.37 Å². The van der Waals surface area contributed by atoms with E-state index in [0.717, 1.165) is 12.1 Å². The molecule has 1 aromatic rings. The molecule has 15 heavy (non-hydrogen) atoms. The average molecular weight is 210 g/mol. The van der Waals surface area contributed by atoms with Crippen molar-refractivity contribution in [3.63, 3.8) is 0 Å². The first-order chi connectivity index (χ1) is 7.33. The maximum Gasteiger partial charge on any atom is 0.0372 e. The van der Waals surface area contributed by atoms with Gasteiger partial charge in [0.1, 0.15) is 0 Å². The molecule has 1 aromatic heterocycles. The summed E-state index contributed by atoms with van der Waals surface area (Å²) < 4.78 is 5.75. The van der Waals surface area contributed by atoms with E-state index in [1.165, 1.54) is 13.0 Å². The van der Waals surface area contributed by atoms with Crippen LogP contribution in [0.3, 0.4) is 0 Å². The fourth-order valence-electron chi connectivity index (χ4n) is 0.708. The molecular weight excluding hydrogens is 181 g/mol. The second-order valence-electron chi connectivity index (χ2n) is 2.16. The van der Waals surface area contributed by atoms with Gasteiger partial charge in [0, 0.05) is 21.7 Å². The molecule has 0 aliphatic heterocycles. The number of aryl methyl sites for hydroxylation is 2. The van der Waals surface area contributed by atoms with Crippen LogP contribution in [0.25, 0.3) is 0 Å². The van der Waals surface area contributed by atoms with Crippen molar-refractivity contribution in [1.29, 1.82) is 0 Å². The minimum absolute atomic E-state index is 0. The second kappa shape index (κ2) is 18.9. The average Bonchev–Trinajstić information content (AvgIpc) is 2.38. The Kier molecular flexibility index (Phi) is 24.9. The molecule has 87 valence electrons. The van der Waals surface area contributed by atoms with E-state index < -0.39 is 0 Å². The van der Waals surface area contributed by atoms with Crippen LogP contribution in [0.15, 0.2) is 18.3 Å². The third-order valence-corrected chi connectivity index (χ3v) is 1.38. The molecule has 0 bridgehead atoms. The Labute approximate surface area is 100 Å². The summed E-state index contributed by atoms with van der Waals surface area (Å²) in [5, 5.41) is 0. The highest BCUT2D eigenvalue weighted by Gasteiger charge is 1.86. The normalized spacial score (nSPS) is 7.00. The predicted molar refractivity (Wildman–Crippen MR) is 73.5 cm³/mol. The molecule has 1 rings (SSSR count). The zero-order valence-corrected chi connectivity index (χ0v) is 11.5. The quantitative estimate of drug-likeness (QED) is 0.631. The molecule has 0 amide bonds. The summed E-state index contributed by atoms with van der Waals surface area (Å²) in [5.41, 5.74) is 2.40. The fraction of sp³-hybridized carbons (Fsp3) is 0.615. The molecule has 0 aliphatic rings. The first-order valence-corrected chi connectivity index (χ1v) is 5.24. The van der Waals surface area contributed by atoms with Crippen LogP contribution in [0, 0.1) is 6.92 Å². The van der Waals surface area contributed by atoms with Gasteiger partial charge in [0.2, 0.25) is 0 Å². The standard InChI is InChI=1S/C8H11N.2C2H6.CH4.B/c1-3-8-5-4-7(2)9-6-8;2*1-2;;/h4-6H,3H2,1-2H3;2*1-2H3;1H4;/i;;;1T;. The minimum Gasteiger partial charge on any atom is -0.261 e. The first kappa shape index (κ1) is 19.7. The van der Waals surface area contributed by atoms with E-state index in [-0.39, 0.29) is 8.41 Å². The van der Waals surface area contributed by atoms with E-state index in [1.54, 1.807) is 0 Å². The number of pyridine rings is 1. The summed E-state index contributed by atoms with van der Waals surface area (Å²) in [6.07, 6.45) is 3.00. The zero-order valence-electron chi connectivity index (χ0n) is 12.5. The van der Waals surface area contributed by atoms with Crippen molar-refractivity contribution < 1.29 is 1.37 Å². The fourth-order valence-corrected chi connectivity index (χ4v) is 0.708. The van der Waals surface area contributed by atoms with Crippen molar-refractivity contribution in [1.82, 2.24) is 4.98 Å². The highest BCUT2D eigenvalue weighted by molar-refractivity contribution is 5.75. The van der Waals surface area contributed by atoms with Gasteiger partial charge in [0.15, 0.2) is 0 Å². The largest absolute Gasteiger partial charge is 0.261 e. The number of rotatable bonds is 1. The number of hydrogen-bond acceptors (Lipinski definition) is 1. The summed E-state index contributed by atoms with van der Waals surface area (Å²) in [6, 6.07) is 4.15. The molecule has 0 saturated heterocycles. The Bertz CT molecular complexity index is 188. The predicted octanol–water partition coefficient (Wildman–Crippen LogP) is 4.26. The summed E-state index contributed by atoms with van der Waals surface area (Å²) in [5.74, 6) is 0. The summed E-state index contributed by atoms with van der Waals surface area (Å²) >= 11 is 0. The van der Waals surface area contributed by atoms with Crippen molar-refractivity contribution in [2.45, 2.75) is 55.4 Å². The van der Waals surface area contributed by atoms with Crippen molar-refractivity contribution in [3.8, 4) is 0 Å². The van der Waals surface area contributed by atoms with Gasteiger partial charge in [-0.25, -0.2) is 0 Å². The van der Waals surface area contributed by atoms with Gasteiger partial charge in [-0.3, -0.25) is 4.98 Å². The number of hydrogen-bond donors (Lipinski definition) is 0. The van der Waals surface area contributed by atoms with Crippen LogP contribution < -0.4 is 0 Å². The van der Waals surface area contributed by atoms with Gasteiger partial charge in [-0.15, -0.1) is 0 Å². The maximum atomic E-state index is 5.75. The molecule has 0 spiro atoms. The third-order valence-electron chi connectivity index (χ3n) is 1.38. The van der Waals surface area contributed by atoms with Crippen LogP contribution in [0.5, 0.6) is 0 Å². The first-order valence-electron chi connectivity index (χ1n) is 6.24. The molecule has 1 heterocycles. The van der Waals surface area contributed by atoms with Gasteiger partial charge in [-0.1, -0.05) is 48.1 Å². The van der Waals surface area contributed by atoms with Crippen molar-refractivity contribution >= 4 is 8.41 Å². The number of aromatic nitrogens is 1. The summed E-state index contributed by atoms with van der Waals surface area (Å²) in [6.45, 7) is 12.1. The topological polar surface area (TPSA) is 12.9 Å². The van der Waals surface area contributed by atoms with Crippen LogP contribution in [-0.2, 0) is 6.42 Å². The number of nitrogens with zero attached hydrogens (tertiary/aromatic N) is 1. The molecule has 3 radical (unpaired) electrons. The molecule has 0 fully saturated rings. The van der Waals surface area contributed by atoms with Crippen molar-refractivity contribution in [3.05, 3.63) is 29.6 Å². The Hall–Kier alpha value is -0.785. The maximum absolute atomic E-state index is 5.75. The van der Waals surface area contributed by atoms with E-state index >= 15 is 0 Å². The van der Waals surface area contributed by atoms with Gasteiger partial charge in [0.25, 0.3) is 0 Å². The van der Waals surface area contributed by atoms with Gasteiger partial charge in [-0.2, -0.15) is 0 Å². The lowest BCUT2D eigenvalue weighted by molar-refractivity contribution is 1.08. The molecule has 0 aromatic carbocycles. The molecule has 0 N–H and O–H groups in total. The van der Waals surface area contributed by atoms with E-state index in [2.05, 4.69) is 18.0 Å². The smallest absolute Gasteiger partial charge is 0.0372 e.